The third-order valence-corrected chi connectivity index (χ3v) is 4.44. The Morgan fingerprint density at radius 3 is 2.41 bits per heavy atom. The second-order valence-corrected chi connectivity index (χ2v) is 6.12. The summed E-state index contributed by atoms with van der Waals surface area (Å²) in [4.78, 5) is 15.7. The van der Waals surface area contributed by atoms with Crippen LogP contribution in [0.15, 0.2) is 42.5 Å². The van der Waals surface area contributed by atoms with E-state index in [1.807, 2.05) is 49.4 Å². The summed E-state index contributed by atoms with van der Waals surface area (Å²) in [6.45, 7) is 4.13. The van der Waals surface area contributed by atoms with Gasteiger partial charge in [-0.25, -0.2) is 4.79 Å². The molecule has 0 spiro atoms. The Morgan fingerprint density at radius 1 is 1.11 bits per heavy atom. The molecule has 0 radical (unpaired) electrons. The first-order chi connectivity index (χ1) is 13.1. The quantitative estimate of drug-likeness (QED) is 0.599. The molecule has 6 nitrogen and oxygen atoms in total. The van der Waals surface area contributed by atoms with Crippen LogP contribution in [0.25, 0.3) is 10.9 Å². The number of ether oxygens (including phenoxy) is 3. The van der Waals surface area contributed by atoms with Crippen molar-refractivity contribution in [3.05, 3.63) is 53.7 Å². The number of carbonyl (C=O) groups excluding carboxylic acids is 1. The highest BCUT2D eigenvalue weighted by Crippen LogP contribution is 2.38. The molecular formula is C21H24N2O4. The molecule has 0 aliphatic heterocycles. The van der Waals surface area contributed by atoms with E-state index < -0.39 is 5.97 Å². The summed E-state index contributed by atoms with van der Waals surface area (Å²) in [5.41, 5.74) is 2.94. The van der Waals surface area contributed by atoms with Crippen LogP contribution in [-0.2, 0) is 4.74 Å². The van der Waals surface area contributed by atoms with E-state index in [0.29, 0.717) is 29.5 Å². The number of hydrogen-bond acceptors (Lipinski definition) is 5. The number of fused-ring (bicyclic) bond motifs is 1. The van der Waals surface area contributed by atoms with Crippen molar-refractivity contribution in [2.75, 3.05) is 26.1 Å². The number of anilines is 1. The smallest absolute Gasteiger partial charge is 0.356 e. The van der Waals surface area contributed by atoms with Gasteiger partial charge in [0.15, 0.2) is 11.5 Å². The van der Waals surface area contributed by atoms with Gasteiger partial charge in [0.05, 0.1) is 32.0 Å². The van der Waals surface area contributed by atoms with Gasteiger partial charge in [0, 0.05) is 17.5 Å². The maximum Gasteiger partial charge on any atom is 0.356 e. The average Bonchev–Trinajstić information content (AvgIpc) is 3.05. The number of H-pyrrole nitrogens is 1. The van der Waals surface area contributed by atoms with Crippen LogP contribution in [-0.4, -0.2) is 31.8 Å². The van der Waals surface area contributed by atoms with E-state index in [0.717, 1.165) is 16.5 Å². The first kappa shape index (κ1) is 18.6. The molecule has 27 heavy (non-hydrogen) atoms. The number of benzene rings is 2. The van der Waals surface area contributed by atoms with Gasteiger partial charge in [0.25, 0.3) is 0 Å². The van der Waals surface area contributed by atoms with Gasteiger partial charge in [-0.05, 0) is 25.5 Å². The number of aromatic nitrogens is 1. The predicted octanol–water partition coefficient (Wildman–Crippen LogP) is 4.53. The predicted molar refractivity (Wildman–Crippen MR) is 106 cm³/mol. The monoisotopic (exact) mass is 368 g/mol. The van der Waals surface area contributed by atoms with E-state index in [1.165, 1.54) is 0 Å². The molecule has 0 aliphatic carbocycles. The van der Waals surface area contributed by atoms with Crippen LogP contribution < -0.4 is 14.8 Å². The number of nitrogens with one attached hydrogen (secondary N) is 2. The van der Waals surface area contributed by atoms with Gasteiger partial charge in [-0.2, -0.15) is 0 Å². The van der Waals surface area contributed by atoms with Gasteiger partial charge < -0.3 is 24.5 Å². The Hall–Kier alpha value is -3.15. The van der Waals surface area contributed by atoms with E-state index in [1.54, 1.807) is 21.1 Å². The Morgan fingerprint density at radius 2 is 1.78 bits per heavy atom. The molecule has 0 aliphatic rings. The summed E-state index contributed by atoms with van der Waals surface area (Å²) in [7, 11) is 3.16. The molecule has 0 amide bonds. The van der Waals surface area contributed by atoms with Crippen molar-refractivity contribution in [2.24, 2.45) is 0 Å². The van der Waals surface area contributed by atoms with Crippen molar-refractivity contribution in [3.63, 3.8) is 0 Å². The lowest BCUT2D eigenvalue weighted by Crippen LogP contribution is -2.12. The zero-order valence-corrected chi connectivity index (χ0v) is 16.0. The van der Waals surface area contributed by atoms with E-state index in [9.17, 15) is 4.79 Å². The van der Waals surface area contributed by atoms with Crippen LogP contribution in [0.4, 0.5) is 5.69 Å². The number of aromatic amines is 1. The van der Waals surface area contributed by atoms with Crippen molar-refractivity contribution >= 4 is 22.6 Å². The highest BCUT2D eigenvalue weighted by Gasteiger charge is 2.22. The molecule has 3 rings (SSSR count). The fraction of sp³-hybridized carbons (Fsp3) is 0.286. The van der Waals surface area contributed by atoms with Crippen LogP contribution in [0, 0.1) is 0 Å². The molecule has 0 fully saturated rings. The van der Waals surface area contributed by atoms with Crippen molar-refractivity contribution in [1.82, 2.24) is 4.98 Å². The van der Waals surface area contributed by atoms with Crippen molar-refractivity contribution in [3.8, 4) is 11.5 Å². The van der Waals surface area contributed by atoms with Crippen LogP contribution >= 0.6 is 0 Å². The Balaban J connectivity index is 2.11. The number of esters is 1. The Bertz CT molecular complexity index is 934. The topological polar surface area (TPSA) is 72.6 Å². The molecule has 0 saturated carbocycles. The molecule has 1 aromatic heterocycles. The van der Waals surface area contributed by atoms with E-state index >= 15 is 0 Å². The molecule has 0 bridgehead atoms. The number of hydrogen-bond donors (Lipinski definition) is 2. The van der Waals surface area contributed by atoms with Crippen molar-refractivity contribution in [2.45, 2.75) is 19.9 Å². The minimum absolute atomic E-state index is 0.00790. The zero-order chi connectivity index (χ0) is 19.4. The van der Waals surface area contributed by atoms with Crippen molar-refractivity contribution < 1.29 is 19.0 Å². The zero-order valence-electron chi connectivity index (χ0n) is 16.0. The molecule has 2 N–H and O–H groups in total. The average molecular weight is 368 g/mol. The summed E-state index contributed by atoms with van der Waals surface area (Å²) in [6, 6.07) is 13.7. The molecule has 1 heterocycles. The maximum atomic E-state index is 12.5. The molecule has 1 atom stereocenters. The van der Waals surface area contributed by atoms with E-state index in [2.05, 4.69) is 10.3 Å². The molecule has 6 heteroatoms. The lowest BCUT2D eigenvalue weighted by atomic mass is 10.1. The second-order valence-electron chi connectivity index (χ2n) is 6.12. The molecule has 2 aromatic carbocycles. The van der Waals surface area contributed by atoms with Gasteiger partial charge in [-0.1, -0.05) is 30.3 Å². The molecule has 142 valence electrons. The highest BCUT2D eigenvalue weighted by atomic mass is 16.5. The summed E-state index contributed by atoms with van der Waals surface area (Å²) in [6.07, 6.45) is 0. The van der Waals surface area contributed by atoms with Gasteiger partial charge in [0.2, 0.25) is 0 Å². The molecular weight excluding hydrogens is 344 g/mol. The number of carbonyl (C=O) groups is 1. The first-order valence-corrected chi connectivity index (χ1v) is 8.85. The van der Waals surface area contributed by atoms with Crippen molar-refractivity contribution in [1.29, 1.82) is 0 Å². The molecule has 0 unspecified atom stereocenters. The standard InChI is InChI=1S/C21H24N2O4/c1-5-27-21(24)20-19(22-13(2)14-9-7-6-8-10-14)15-11-17(25-3)18(26-4)12-16(15)23-20/h6-13,22-23H,5H2,1-4H3/t13-/m0/s1. The summed E-state index contributed by atoms with van der Waals surface area (Å²) < 4.78 is 16.0. The Kier molecular flexibility index (Phi) is 5.54. The molecule has 3 aromatic rings. The minimum Gasteiger partial charge on any atom is -0.493 e. The number of methoxy groups -OCH3 is 2. The second kappa shape index (κ2) is 8.03. The third-order valence-electron chi connectivity index (χ3n) is 4.44. The van der Waals surface area contributed by atoms with Gasteiger partial charge in [-0.3, -0.25) is 0 Å². The largest absolute Gasteiger partial charge is 0.493 e. The van der Waals surface area contributed by atoms with Gasteiger partial charge in [-0.15, -0.1) is 0 Å². The Labute approximate surface area is 158 Å². The summed E-state index contributed by atoms with van der Waals surface area (Å²) in [5, 5.41) is 4.28. The normalized spacial score (nSPS) is 11.9. The molecule has 0 saturated heterocycles. The van der Waals surface area contributed by atoms with Crippen LogP contribution in [0.5, 0.6) is 11.5 Å². The van der Waals surface area contributed by atoms with Gasteiger partial charge >= 0.3 is 5.97 Å². The van der Waals surface area contributed by atoms with Crippen LogP contribution in [0.2, 0.25) is 0 Å². The lowest BCUT2D eigenvalue weighted by molar-refractivity contribution is 0.0521. The fourth-order valence-electron chi connectivity index (χ4n) is 3.07. The van der Waals surface area contributed by atoms with Crippen LogP contribution in [0.3, 0.4) is 0 Å². The number of rotatable bonds is 7. The van der Waals surface area contributed by atoms with E-state index in [-0.39, 0.29) is 6.04 Å². The highest BCUT2D eigenvalue weighted by molar-refractivity contribution is 6.07. The van der Waals surface area contributed by atoms with E-state index in [4.69, 9.17) is 14.2 Å². The lowest BCUT2D eigenvalue weighted by Gasteiger charge is -2.16. The fourth-order valence-corrected chi connectivity index (χ4v) is 3.07. The summed E-state index contributed by atoms with van der Waals surface area (Å²) >= 11 is 0. The maximum absolute atomic E-state index is 12.5. The third kappa shape index (κ3) is 3.69. The first-order valence-electron chi connectivity index (χ1n) is 8.85. The van der Waals surface area contributed by atoms with Crippen LogP contribution in [0.1, 0.15) is 35.9 Å². The summed E-state index contributed by atoms with van der Waals surface area (Å²) in [5.74, 6) is 0.772. The SMILES string of the molecule is CCOC(=O)c1[nH]c2cc(OC)c(OC)cc2c1N[C@@H](C)c1ccccc1. The van der Waals surface area contributed by atoms with Gasteiger partial charge in [0.1, 0.15) is 5.69 Å². The minimum atomic E-state index is -0.408.